The van der Waals surface area contributed by atoms with Crippen molar-refractivity contribution in [1.82, 2.24) is 0 Å². The minimum atomic E-state index is -2.17. The van der Waals surface area contributed by atoms with E-state index in [1.54, 1.807) is 13.8 Å². The highest BCUT2D eigenvalue weighted by Gasteiger charge is 2.08. The molecule has 0 saturated carbocycles. The second-order valence-electron chi connectivity index (χ2n) is 1.63. The highest BCUT2D eigenvalue weighted by Crippen LogP contribution is 2.35. The van der Waals surface area contributed by atoms with Gasteiger partial charge in [0, 0.05) is 0 Å². The van der Waals surface area contributed by atoms with Gasteiger partial charge in [-0.1, -0.05) is 0 Å². The van der Waals surface area contributed by atoms with Crippen molar-refractivity contribution in [3.63, 3.8) is 0 Å². The van der Waals surface area contributed by atoms with E-state index in [9.17, 15) is 0 Å². The molecule has 0 aliphatic carbocycles. The molecule has 0 heterocycles. The van der Waals surface area contributed by atoms with Gasteiger partial charge < -0.3 is 19.3 Å². The molecule has 0 aliphatic rings. The fourth-order valence-electron chi connectivity index (χ4n) is 0.441. The molecule has 0 spiro atoms. The number of rotatable bonds is 5. The predicted molar refractivity (Wildman–Crippen MR) is 42.7 cm³/mol. The van der Waals surface area contributed by atoms with Crippen LogP contribution >= 0.6 is 8.38 Å². The Labute approximate surface area is 67.4 Å². The lowest BCUT2D eigenvalue weighted by Gasteiger charge is -2.08. The van der Waals surface area contributed by atoms with Crippen molar-refractivity contribution in [2.45, 2.75) is 13.8 Å². The molecule has 0 atom stereocenters. The van der Waals surface area contributed by atoms with Gasteiger partial charge in [0.05, 0.1) is 13.2 Å². The van der Waals surface area contributed by atoms with Crippen LogP contribution in [0.25, 0.3) is 0 Å². The molecule has 0 aromatic heterocycles. The number of ether oxygens (including phenoxy) is 2. The van der Waals surface area contributed by atoms with E-state index < -0.39 is 8.38 Å². The van der Waals surface area contributed by atoms with Crippen molar-refractivity contribution < 1.29 is 19.3 Å². The molecular formula is C6H13O4P. The quantitative estimate of drug-likeness (QED) is 0.492. The van der Waals surface area contributed by atoms with Crippen molar-refractivity contribution in [2.24, 2.45) is 0 Å². The number of hydrogen-bond acceptors (Lipinski definition) is 4. The van der Waals surface area contributed by atoms with Crippen LogP contribution < -0.4 is 0 Å². The molecule has 2 N–H and O–H groups in total. The van der Waals surface area contributed by atoms with Gasteiger partial charge in [-0.15, -0.1) is 0 Å². The lowest BCUT2D eigenvalue weighted by Crippen LogP contribution is -1.91. The van der Waals surface area contributed by atoms with E-state index in [-0.39, 0.29) is 5.50 Å². The maximum Gasteiger partial charge on any atom is 0.240 e. The van der Waals surface area contributed by atoms with Gasteiger partial charge in [0.25, 0.3) is 0 Å². The van der Waals surface area contributed by atoms with Crippen molar-refractivity contribution in [3.05, 3.63) is 11.8 Å². The molecule has 0 fully saturated rings. The lowest BCUT2D eigenvalue weighted by molar-refractivity contribution is 0.204. The van der Waals surface area contributed by atoms with E-state index in [4.69, 9.17) is 19.3 Å². The van der Waals surface area contributed by atoms with Crippen LogP contribution in [0.15, 0.2) is 11.8 Å². The summed E-state index contributed by atoms with van der Waals surface area (Å²) in [5, 5.41) is 0. The van der Waals surface area contributed by atoms with Crippen LogP contribution in [0.1, 0.15) is 13.8 Å². The Balaban J connectivity index is 3.86. The highest BCUT2D eigenvalue weighted by atomic mass is 31.2. The van der Waals surface area contributed by atoms with Gasteiger partial charge in [0.15, 0.2) is 0 Å². The van der Waals surface area contributed by atoms with Crippen molar-refractivity contribution >= 4 is 8.38 Å². The molecule has 66 valence electrons. The summed E-state index contributed by atoms with van der Waals surface area (Å²) in [5.41, 5.74) is 0.101. The van der Waals surface area contributed by atoms with E-state index in [0.717, 1.165) is 0 Å². The molecule has 0 radical (unpaired) electrons. The summed E-state index contributed by atoms with van der Waals surface area (Å²) in [6.45, 7) is 4.45. The molecule has 0 saturated heterocycles. The zero-order valence-corrected chi connectivity index (χ0v) is 7.54. The minimum Gasteiger partial charge on any atom is -0.497 e. The smallest absolute Gasteiger partial charge is 0.240 e. The predicted octanol–water partition coefficient (Wildman–Crippen LogP) is 1.15. The van der Waals surface area contributed by atoms with Crippen LogP contribution in [0.5, 0.6) is 0 Å². The Kier molecular flexibility index (Phi) is 6.22. The normalized spacial score (nSPS) is 11.9. The first-order valence-corrected chi connectivity index (χ1v) is 4.59. The van der Waals surface area contributed by atoms with Gasteiger partial charge in [-0.3, -0.25) is 0 Å². The van der Waals surface area contributed by atoms with Crippen LogP contribution in [0.4, 0.5) is 0 Å². The zero-order valence-electron chi connectivity index (χ0n) is 6.65. The second-order valence-corrected chi connectivity index (χ2v) is 2.65. The summed E-state index contributed by atoms with van der Waals surface area (Å²) in [5.74, 6) is 0. The summed E-state index contributed by atoms with van der Waals surface area (Å²) in [6.07, 6.45) is 1.23. The van der Waals surface area contributed by atoms with Crippen LogP contribution in [-0.4, -0.2) is 23.0 Å². The van der Waals surface area contributed by atoms with Gasteiger partial charge in [0.2, 0.25) is 13.9 Å². The molecule has 0 amide bonds. The molecule has 0 bridgehead atoms. The summed E-state index contributed by atoms with van der Waals surface area (Å²) in [4.78, 5) is 17.4. The highest BCUT2D eigenvalue weighted by molar-refractivity contribution is 7.49. The molecule has 0 aliphatic heterocycles. The van der Waals surface area contributed by atoms with Crippen molar-refractivity contribution in [2.75, 3.05) is 13.2 Å². The summed E-state index contributed by atoms with van der Waals surface area (Å²) in [7, 11) is -2.17. The van der Waals surface area contributed by atoms with Crippen LogP contribution in [0, 0.1) is 0 Å². The first kappa shape index (κ1) is 10.7. The third kappa shape index (κ3) is 5.01. The fourth-order valence-corrected chi connectivity index (χ4v) is 0.855. The molecule has 0 aromatic carbocycles. The fraction of sp³-hybridized carbons (Fsp3) is 0.667. The molecular weight excluding hydrogens is 167 g/mol. The maximum atomic E-state index is 8.72. The third-order valence-electron chi connectivity index (χ3n) is 0.840. The van der Waals surface area contributed by atoms with Crippen LogP contribution in [-0.2, 0) is 9.47 Å². The monoisotopic (exact) mass is 180 g/mol. The minimum absolute atomic E-state index is 0.101. The van der Waals surface area contributed by atoms with E-state index in [0.29, 0.717) is 13.2 Å². The van der Waals surface area contributed by atoms with Gasteiger partial charge >= 0.3 is 0 Å². The second kappa shape index (κ2) is 6.40. The summed E-state index contributed by atoms with van der Waals surface area (Å²) >= 11 is 0. The topological polar surface area (TPSA) is 58.9 Å². The summed E-state index contributed by atoms with van der Waals surface area (Å²) in [6, 6.07) is 0. The Morgan fingerprint density at radius 2 is 2.00 bits per heavy atom. The zero-order chi connectivity index (χ0) is 8.69. The molecule has 5 heteroatoms. The first-order chi connectivity index (χ1) is 5.22. The Morgan fingerprint density at radius 3 is 2.36 bits per heavy atom. The molecule has 4 nitrogen and oxygen atoms in total. The maximum absolute atomic E-state index is 8.72. The van der Waals surface area contributed by atoms with Gasteiger partial charge in [-0.05, 0) is 13.8 Å². The SMILES string of the molecule is CCOC=C(OCC)P(O)O. The van der Waals surface area contributed by atoms with Gasteiger partial charge in [0.1, 0.15) is 6.26 Å². The van der Waals surface area contributed by atoms with E-state index in [1.807, 2.05) is 0 Å². The summed E-state index contributed by atoms with van der Waals surface area (Å²) < 4.78 is 9.69. The Bertz CT molecular complexity index is 124. The van der Waals surface area contributed by atoms with E-state index in [1.165, 1.54) is 6.26 Å². The van der Waals surface area contributed by atoms with Crippen LogP contribution in [0.3, 0.4) is 0 Å². The molecule has 0 unspecified atom stereocenters. The Hall–Kier alpha value is -0.310. The molecule has 11 heavy (non-hydrogen) atoms. The largest absolute Gasteiger partial charge is 0.497 e. The van der Waals surface area contributed by atoms with Gasteiger partial charge in [-0.2, -0.15) is 0 Å². The van der Waals surface area contributed by atoms with E-state index in [2.05, 4.69) is 0 Å². The first-order valence-electron chi connectivity index (χ1n) is 3.34. The third-order valence-corrected chi connectivity index (χ3v) is 1.47. The average Bonchev–Trinajstić information content (AvgIpc) is 1.97. The Morgan fingerprint density at radius 1 is 1.36 bits per heavy atom. The van der Waals surface area contributed by atoms with Crippen LogP contribution in [0.2, 0.25) is 0 Å². The molecule has 0 aromatic rings. The number of hydrogen-bond donors (Lipinski definition) is 2. The lowest BCUT2D eigenvalue weighted by atomic mass is 10.8. The van der Waals surface area contributed by atoms with Crippen molar-refractivity contribution in [3.8, 4) is 0 Å². The van der Waals surface area contributed by atoms with Gasteiger partial charge in [-0.25, -0.2) is 0 Å². The van der Waals surface area contributed by atoms with E-state index >= 15 is 0 Å². The standard InChI is InChI=1S/C6H13O4P/c1-3-9-5-6(10-4-2)11(7)8/h5,7-8H,3-4H2,1-2H3. The van der Waals surface area contributed by atoms with Crippen molar-refractivity contribution in [1.29, 1.82) is 0 Å². The average molecular weight is 180 g/mol. The molecule has 0 rings (SSSR count).